The molecule has 5 rings (SSSR count). The second-order valence-corrected chi connectivity index (χ2v) is 11.2. The van der Waals surface area contributed by atoms with Crippen LogP contribution in [0.2, 0.25) is 0 Å². The van der Waals surface area contributed by atoms with Crippen LogP contribution in [0.5, 0.6) is 11.5 Å². The van der Waals surface area contributed by atoms with Crippen LogP contribution in [-0.2, 0) is 16.1 Å². The average molecular weight is 634 g/mol. The summed E-state index contributed by atoms with van der Waals surface area (Å²) in [5, 5.41) is 0. The molecule has 0 aliphatic carbocycles. The van der Waals surface area contributed by atoms with E-state index < -0.39 is 12.0 Å². The summed E-state index contributed by atoms with van der Waals surface area (Å²) in [5.41, 5.74) is 3.30. The van der Waals surface area contributed by atoms with E-state index in [2.05, 4.69) is 15.9 Å². The number of carbonyl (C=O) groups is 1. The number of fused-ring (bicyclic) bond motifs is 1. The van der Waals surface area contributed by atoms with Gasteiger partial charge in [-0.15, -0.1) is 0 Å². The molecule has 3 aromatic carbocycles. The Bertz CT molecular complexity index is 1780. The van der Waals surface area contributed by atoms with Gasteiger partial charge in [0.1, 0.15) is 12.6 Å². The third-order valence-electron chi connectivity index (χ3n) is 6.53. The Morgan fingerprint density at radius 3 is 2.46 bits per heavy atom. The van der Waals surface area contributed by atoms with Gasteiger partial charge in [0.15, 0.2) is 16.3 Å². The highest BCUT2D eigenvalue weighted by Crippen LogP contribution is 2.33. The molecule has 0 saturated carbocycles. The number of esters is 1. The first-order chi connectivity index (χ1) is 19.9. The van der Waals surface area contributed by atoms with Crippen molar-refractivity contribution in [3.63, 3.8) is 0 Å². The van der Waals surface area contributed by atoms with Gasteiger partial charge >= 0.3 is 5.97 Å². The van der Waals surface area contributed by atoms with E-state index in [-0.39, 0.29) is 12.2 Å². The van der Waals surface area contributed by atoms with Crippen molar-refractivity contribution in [2.24, 2.45) is 4.99 Å². The fraction of sp³-hybridized carbons (Fsp3) is 0.219. The van der Waals surface area contributed by atoms with E-state index in [4.69, 9.17) is 19.2 Å². The lowest BCUT2D eigenvalue weighted by Crippen LogP contribution is -2.35. The maximum atomic E-state index is 13.6. The van der Waals surface area contributed by atoms with Crippen molar-refractivity contribution < 1.29 is 19.0 Å². The van der Waals surface area contributed by atoms with Crippen molar-refractivity contribution in [2.45, 2.75) is 33.4 Å². The van der Waals surface area contributed by atoms with Gasteiger partial charge in [0, 0.05) is 10.2 Å². The van der Waals surface area contributed by atoms with Crippen molar-refractivity contribution in [3.8, 4) is 11.5 Å². The van der Waals surface area contributed by atoms with Gasteiger partial charge < -0.3 is 14.2 Å². The molecule has 7 nitrogen and oxygen atoms in total. The first kappa shape index (κ1) is 28.6. The number of benzene rings is 3. The number of hydrogen-bond donors (Lipinski definition) is 0. The molecule has 210 valence electrons. The maximum Gasteiger partial charge on any atom is 0.338 e. The predicted molar refractivity (Wildman–Crippen MR) is 164 cm³/mol. The zero-order chi connectivity index (χ0) is 28.9. The van der Waals surface area contributed by atoms with Gasteiger partial charge in [-0.05, 0) is 67.8 Å². The van der Waals surface area contributed by atoms with Gasteiger partial charge in [-0.1, -0.05) is 75.8 Å². The number of rotatable bonds is 9. The zero-order valence-corrected chi connectivity index (χ0v) is 25.3. The Labute approximate surface area is 250 Å². The number of thiazole rings is 1. The summed E-state index contributed by atoms with van der Waals surface area (Å²) >= 11 is 4.74. The van der Waals surface area contributed by atoms with E-state index >= 15 is 0 Å². The average Bonchev–Trinajstić information content (AvgIpc) is 3.28. The van der Waals surface area contributed by atoms with Crippen molar-refractivity contribution in [1.82, 2.24) is 4.57 Å². The Balaban J connectivity index is 1.55. The smallest absolute Gasteiger partial charge is 0.338 e. The molecule has 41 heavy (non-hydrogen) atoms. The minimum Gasteiger partial charge on any atom is -0.490 e. The summed E-state index contributed by atoms with van der Waals surface area (Å²) in [5.74, 6) is 0.739. The van der Waals surface area contributed by atoms with Crippen LogP contribution in [0, 0.1) is 0 Å². The Morgan fingerprint density at radius 1 is 1.00 bits per heavy atom. The summed E-state index contributed by atoms with van der Waals surface area (Å²) in [7, 11) is 0. The normalized spacial score (nSPS) is 14.8. The lowest BCUT2D eigenvalue weighted by atomic mass is 9.97. The molecule has 0 spiro atoms. The molecule has 0 fully saturated rings. The number of nitrogens with zero attached hydrogens (tertiary/aromatic N) is 2. The number of aromatic nitrogens is 1. The molecule has 0 bridgehead atoms. The molecule has 0 N–H and O–H groups in total. The highest BCUT2D eigenvalue weighted by atomic mass is 79.9. The van der Waals surface area contributed by atoms with Crippen LogP contribution in [0.4, 0.5) is 0 Å². The standard InChI is InChI=1S/C32H29BrN2O5S/c1-4-38-26-17-22(11-16-25(26)40-19-21-9-7-6-8-10-21)18-27-30(36)35-20(3)28(31(37)39-5-2)29(34-32(35)41-27)23-12-14-24(33)15-13-23/h6-18,29H,4-5,19H2,1-3H3/b27-18-/t29-/m0/s1. The zero-order valence-electron chi connectivity index (χ0n) is 22.9. The number of hydrogen-bond acceptors (Lipinski definition) is 7. The van der Waals surface area contributed by atoms with Gasteiger partial charge in [0.2, 0.25) is 0 Å². The fourth-order valence-corrected chi connectivity index (χ4v) is 5.90. The lowest BCUT2D eigenvalue weighted by molar-refractivity contribution is -0.138. The van der Waals surface area contributed by atoms with Gasteiger partial charge in [0.25, 0.3) is 5.56 Å². The highest BCUT2D eigenvalue weighted by Gasteiger charge is 2.31. The second kappa shape index (κ2) is 12.7. The minimum atomic E-state index is -0.585. The SMILES string of the molecule is CCOC(=O)C1=C(C)n2c(s/c(=C\c3ccc(OCc4ccccc4)c(OCC)c3)c2=O)=N[C@H]1c1ccc(Br)cc1. The Morgan fingerprint density at radius 2 is 1.76 bits per heavy atom. The van der Waals surface area contributed by atoms with E-state index in [1.165, 1.54) is 15.9 Å². The molecular weight excluding hydrogens is 604 g/mol. The van der Waals surface area contributed by atoms with E-state index in [0.717, 1.165) is 21.2 Å². The quantitative estimate of drug-likeness (QED) is 0.223. The molecule has 0 unspecified atom stereocenters. The van der Waals surface area contributed by atoms with Crippen molar-refractivity contribution in [1.29, 1.82) is 0 Å². The summed E-state index contributed by atoms with van der Waals surface area (Å²) in [6.07, 6.45) is 1.81. The molecule has 0 saturated heterocycles. The Kier molecular flexibility index (Phi) is 8.85. The third kappa shape index (κ3) is 6.21. The van der Waals surface area contributed by atoms with Crippen LogP contribution in [-0.4, -0.2) is 23.8 Å². The van der Waals surface area contributed by atoms with Crippen LogP contribution in [0.1, 0.15) is 43.5 Å². The van der Waals surface area contributed by atoms with Gasteiger partial charge in [-0.3, -0.25) is 9.36 Å². The predicted octanol–water partition coefficient (Wildman–Crippen LogP) is 5.65. The molecule has 1 aliphatic heterocycles. The van der Waals surface area contributed by atoms with Crippen molar-refractivity contribution in [3.05, 3.63) is 119 Å². The molecule has 9 heteroatoms. The fourth-order valence-electron chi connectivity index (χ4n) is 4.59. The highest BCUT2D eigenvalue weighted by molar-refractivity contribution is 9.10. The van der Waals surface area contributed by atoms with Crippen molar-refractivity contribution >= 4 is 45.0 Å². The minimum absolute atomic E-state index is 0.223. The monoisotopic (exact) mass is 632 g/mol. The molecule has 4 aromatic rings. The van der Waals surface area contributed by atoms with Gasteiger partial charge in [-0.2, -0.15) is 0 Å². The largest absolute Gasteiger partial charge is 0.490 e. The summed E-state index contributed by atoms with van der Waals surface area (Å²) in [6, 6.07) is 22.6. The van der Waals surface area contributed by atoms with Crippen LogP contribution in [0.3, 0.4) is 0 Å². The van der Waals surface area contributed by atoms with Crippen LogP contribution < -0.4 is 24.4 Å². The molecule has 1 aromatic heterocycles. The number of halogens is 1. The van der Waals surface area contributed by atoms with Crippen LogP contribution in [0.15, 0.2) is 92.6 Å². The molecule has 0 amide bonds. The first-order valence-electron chi connectivity index (χ1n) is 13.3. The summed E-state index contributed by atoms with van der Waals surface area (Å²) in [6.45, 7) is 6.54. The number of ether oxygens (including phenoxy) is 3. The first-order valence-corrected chi connectivity index (χ1v) is 14.9. The van der Waals surface area contributed by atoms with Gasteiger partial charge in [0.05, 0.1) is 23.3 Å². The van der Waals surface area contributed by atoms with E-state index in [0.29, 0.717) is 45.3 Å². The second-order valence-electron chi connectivity index (χ2n) is 9.25. The molecule has 1 atom stereocenters. The van der Waals surface area contributed by atoms with Crippen LogP contribution in [0.25, 0.3) is 11.8 Å². The molecule has 0 radical (unpaired) electrons. The number of allylic oxidation sites excluding steroid dienone is 1. The molecule has 1 aliphatic rings. The van der Waals surface area contributed by atoms with E-state index in [1.807, 2.05) is 85.8 Å². The molecular formula is C32H29BrN2O5S. The van der Waals surface area contributed by atoms with Crippen LogP contribution >= 0.6 is 27.3 Å². The van der Waals surface area contributed by atoms with Gasteiger partial charge in [-0.25, -0.2) is 9.79 Å². The lowest BCUT2D eigenvalue weighted by Gasteiger charge is -2.22. The topological polar surface area (TPSA) is 79.1 Å². The summed E-state index contributed by atoms with van der Waals surface area (Å²) in [4.78, 5) is 32.1. The summed E-state index contributed by atoms with van der Waals surface area (Å²) < 4.78 is 20.2. The Hall–Kier alpha value is -3.95. The number of carbonyl (C=O) groups excluding carboxylic acids is 1. The third-order valence-corrected chi connectivity index (χ3v) is 8.04. The molecule has 2 heterocycles. The van der Waals surface area contributed by atoms with E-state index in [1.54, 1.807) is 13.8 Å². The maximum absolute atomic E-state index is 13.6. The van der Waals surface area contributed by atoms with E-state index in [9.17, 15) is 9.59 Å². The van der Waals surface area contributed by atoms with Crippen molar-refractivity contribution in [2.75, 3.05) is 13.2 Å².